The smallest absolute Gasteiger partial charge is 0.274 e. The van der Waals surface area contributed by atoms with Crippen LogP contribution in [0, 0.1) is 0 Å². The van der Waals surface area contributed by atoms with Gasteiger partial charge < -0.3 is 24.8 Å². The van der Waals surface area contributed by atoms with Crippen LogP contribution in [-0.2, 0) is 36.5 Å². The van der Waals surface area contributed by atoms with Gasteiger partial charge in [-0.1, -0.05) is 18.2 Å². The standard InChI is InChI=1S/C34H38N6O5S/c1-37(2)26-8-9-28-24(17-26)11-12-40(33(28)42)31-6-4-5-27(29(31)22-41)25-18-30(34(43)38(3)21-25)36-32-10-7-23(19-35-32)20-39-13-15-46(44,45)16-14-39/h4-10,17-19,21,41H,11-16,20,22H2,1-3H3,(H,35,36). The number of benzene rings is 2. The highest BCUT2D eigenvalue weighted by Gasteiger charge is 2.28. The van der Waals surface area contributed by atoms with E-state index in [0.717, 1.165) is 16.8 Å². The Labute approximate surface area is 268 Å². The molecule has 12 heteroatoms. The SMILES string of the molecule is CN(C)c1ccc2c(c1)CCN(c1cccc(-c3cc(Nc4ccc(CN5CCS(=O)(=O)CC5)cn4)c(=O)n(C)c3)c1CO)C2=O. The Kier molecular flexibility index (Phi) is 8.69. The van der Waals surface area contributed by atoms with Crippen molar-refractivity contribution < 1.29 is 18.3 Å². The van der Waals surface area contributed by atoms with Gasteiger partial charge in [0.25, 0.3) is 11.5 Å². The summed E-state index contributed by atoms with van der Waals surface area (Å²) in [6, 6.07) is 16.9. The quantitative estimate of drug-likeness (QED) is 0.298. The van der Waals surface area contributed by atoms with Crippen molar-refractivity contribution in [2.24, 2.45) is 7.05 Å². The molecule has 0 saturated carbocycles. The van der Waals surface area contributed by atoms with Crippen LogP contribution in [0.15, 0.2) is 71.8 Å². The van der Waals surface area contributed by atoms with E-state index in [9.17, 15) is 23.1 Å². The monoisotopic (exact) mass is 642 g/mol. The summed E-state index contributed by atoms with van der Waals surface area (Å²) in [6.45, 7) is 1.79. The van der Waals surface area contributed by atoms with Crippen molar-refractivity contribution in [1.82, 2.24) is 14.5 Å². The molecule has 1 fully saturated rings. The van der Waals surface area contributed by atoms with E-state index in [0.29, 0.717) is 72.0 Å². The summed E-state index contributed by atoms with van der Waals surface area (Å²) < 4.78 is 24.9. The summed E-state index contributed by atoms with van der Waals surface area (Å²) in [6.07, 6.45) is 4.14. The van der Waals surface area contributed by atoms with Crippen molar-refractivity contribution in [2.45, 2.75) is 19.6 Å². The van der Waals surface area contributed by atoms with Gasteiger partial charge in [0.15, 0.2) is 9.84 Å². The zero-order valence-electron chi connectivity index (χ0n) is 26.2. The molecule has 2 aliphatic heterocycles. The summed E-state index contributed by atoms with van der Waals surface area (Å²) in [5.41, 5.74) is 6.37. The lowest BCUT2D eigenvalue weighted by Gasteiger charge is -2.31. The fourth-order valence-corrected chi connectivity index (χ4v) is 7.37. The third kappa shape index (κ3) is 6.41. The number of anilines is 4. The number of fused-ring (bicyclic) bond motifs is 1. The molecule has 240 valence electrons. The lowest BCUT2D eigenvalue weighted by atomic mass is 9.94. The molecule has 4 aromatic rings. The second-order valence-corrected chi connectivity index (χ2v) is 14.4. The second kappa shape index (κ2) is 12.7. The van der Waals surface area contributed by atoms with Gasteiger partial charge >= 0.3 is 0 Å². The Morgan fingerprint density at radius 1 is 0.978 bits per heavy atom. The van der Waals surface area contributed by atoms with Crippen LogP contribution in [0.25, 0.3) is 11.1 Å². The summed E-state index contributed by atoms with van der Waals surface area (Å²) in [7, 11) is 2.67. The number of aliphatic hydroxyl groups is 1. The highest BCUT2D eigenvalue weighted by molar-refractivity contribution is 7.91. The largest absolute Gasteiger partial charge is 0.392 e. The molecule has 46 heavy (non-hydrogen) atoms. The van der Waals surface area contributed by atoms with Crippen molar-refractivity contribution in [3.63, 3.8) is 0 Å². The lowest BCUT2D eigenvalue weighted by Crippen LogP contribution is -2.39. The number of aryl methyl sites for hydroxylation is 1. The number of sulfone groups is 1. The van der Waals surface area contributed by atoms with Crippen molar-refractivity contribution in [3.05, 3.63) is 99.6 Å². The van der Waals surface area contributed by atoms with Crippen LogP contribution in [0.3, 0.4) is 0 Å². The Bertz CT molecular complexity index is 1940. The maximum absolute atomic E-state index is 13.7. The van der Waals surface area contributed by atoms with Crippen LogP contribution >= 0.6 is 0 Å². The number of rotatable bonds is 8. The molecule has 0 aliphatic carbocycles. The Balaban J connectivity index is 1.25. The highest BCUT2D eigenvalue weighted by atomic mass is 32.2. The van der Waals surface area contributed by atoms with Gasteiger partial charge in [-0.2, -0.15) is 0 Å². The molecule has 2 N–H and O–H groups in total. The Morgan fingerprint density at radius 2 is 1.76 bits per heavy atom. The molecular weight excluding hydrogens is 604 g/mol. The maximum atomic E-state index is 13.7. The van der Waals surface area contributed by atoms with E-state index in [1.165, 1.54) is 4.57 Å². The zero-order valence-corrected chi connectivity index (χ0v) is 27.0. The first-order valence-electron chi connectivity index (χ1n) is 15.2. The van der Waals surface area contributed by atoms with Gasteiger partial charge in [0.05, 0.1) is 23.8 Å². The molecule has 0 radical (unpaired) electrons. The average molecular weight is 643 g/mol. The van der Waals surface area contributed by atoms with Gasteiger partial charge in [-0.25, -0.2) is 13.4 Å². The molecule has 11 nitrogen and oxygen atoms in total. The van der Waals surface area contributed by atoms with Crippen molar-refractivity contribution in [2.75, 3.05) is 60.4 Å². The molecule has 6 rings (SSSR count). The van der Waals surface area contributed by atoms with Gasteiger partial charge in [-0.15, -0.1) is 0 Å². The van der Waals surface area contributed by atoms with E-state index in [1.807, 2.05) is 55.4 Å². The minimum absolute atomic E-state index is 0.110. The minimum Gasteiger partial charge on any atom is -0.392 e. The number of carbonyl (C=O) groups is 1. The Hall–Kier alpha value is -4.52. The maximum Gasteiger partial charge on any atom is 0.274 e. The number of nitrogens with zero attached hydrogens (tertiary/aromatic N) is 5. The zero-order chi connectivity index (χ0) is 32.6. The number of aliphatic hydroxyl groups excluding tert-OH is 1. The molecule has 1 saturated heterocycles. The molecule has 2 aromatic carbocycles. The first-order valence-corrected chi connectivity index (χ1v) is 17.1. The first kappa shape index (κ1) is 31.5. The van der Waals surface area contributed by atoms with E-state index >= 15 is 0 Å². The Morgan fingerprint density at radius 3 is 2.46 bits per heavy atom. The van der Waals surface area contributed by atoms with E-state index in [1.54, 1.807) is 36.5 Å². The van der Waals surface area contributed by atoms with Crippen LogP contribution in [-0.4, -0.2) is 79.1 Å². The summed E-state index contributed by atoms with van der Waals surface area (Å²) in [5, 5.41) is 13.7. The van der Waals surface area contributed by atoms with Gasteiger partial charge in [0, 0.05) is 82.1 Å². The molecule has 2 aliphatic rings. The van der Waals surface area contributed by atoms with Crippen LogP contribution < -0.4 is 20.7 Å². The summed E-state index contributed by atoms with van der Waals surface area (Å²) in [5.74, 6) is 0.716. The molecule has 1 amide bonds. The van der Waals surface area contributed by atoms with Crippen molar-refractivity contribution >= 4 is 38.6 Å². The third-order valence-electron chi connectivity index (χ3n) is 8.71. The van der Waals surface area contributed by atoms with E-state index < -0.39 is 9.84 Å². The molecule has 0 spiro atoms. The first-order chi connectivity index (χ1) is 22.0. The predicted octanol–water partition coefficient (Wildman–Crippen LogP) is 3.18. The van der Waals surface area contributed by atoms with Crippen LogP contribution in [0.2, 0.25) is 0 Å². The number of nitrogens with one attached hydrogen (secondary N) is 1. The molecule has 4 heterocycles. The molecule has 0 atom stereocenters. The van der Waals surface area contributed by atoms with Gasteiger partial charge in [0.1, 0.15) is 11.5 Å². The predicted molar refractivity (Wildman–Crippen MR) is 181 cm³/mol. The van der Waals surface area contributed by atoms with Crippen LogP contribution in [0.1, 0.15) is 27.0 Å². The number of hydrogen-bond acceptors (Lipinski definition) is 9. The van der Waals surface area contributed by atoms with E-state index in [4.69, 9.17) is 0 Å². The second-order valence-electron chi connectivity index (χ2n) is 12.1. The van der Waals surface area contributed by atoms with Gasteiger partial charge in [-0.05, 0) is 59.5 Å². The van der Waals surface area contributed by atoms with Crippen molar-refractivity contribution in [3.8, 4) is 11.1 Å². The average Bonchev–Trinajstić information content (AvgIpc) is 3.04. The minimum atomic E-state index is -2.94. The van der Waals surface area contributed by atoms with Crippen LogP contribution in [0.5, 0.6) is 0 Å². The van der Waals surface area contributed by atoms with Gasteiger partial charge in [-0.3, -0.25) is 14.5 Å². The van der Waals surface area contributed by atoms with Crippen LogP contribution in [0.4, 0.5) is 22.9 Å². The summed E-state index contributed by atoms with van der Waals surface area (Å²) in [4.78, 5) is 37.1. The summed E-state index contributed by atoms with van der Waals surface area (Å²) >= 11 is 0. The number of pyridine rings is 2. The topological polar surface area (TPSA) is 128 Å². The number of carbonyl (C=O) groups excluding carboxylic acids is 1. The normalized spacial score (nSPS) is 16.3. The van der Waals surface area contributed by atoms with E-state index in [-0.39, 0.29) is 29.6 Å². The lowest BCUT2D eigenvalue weighted by molar-refractivity contribution is 0.0980. The van der Waals surface area contributed by atoms with Crippen molar-refractivity contribution in [1.29, 1.82) is 0 Å². The molecule has 2 aromatic heterocycles. The number of aromatic nitrogens is 2. The highest BCUT2D eigenvalue weighted by Crippen LogP contribution is 2.35. The fourth-order valence-electron chi connectivity index (χ4n) is 6.09. The van der Waals surface area contributed by atoms with Gasteiger partial charge in [0.2, 0.25) is 0 Å². The van der Waals surface area contributed by atoms with E-state index in [2.05, 4.69) is 21.3 Å². The number of amides is 1. The third-order valence-corrected chi connectivity index (χ3v) is 10.3. The molecule has 0 bridgehead atoms. The number of hydrogen-bond donors (Lipinski definition) is 2. The molecular formula is C34H38N6O5S. The fraction of sp³-hybridized carbons (Fsp3) is 0.324. The molecule has 0 unspecified atom stereocenters.